The molecule has 0 radical (unpaired) electrons. The van der Waals surface area contributed by atoms with Gasteiger partial charge in [-0.05, 0) is 12.1 Å². The Balaban J connectivity index is 1.94. The van der Waals surface area contributed by atoms with Crippen LogP contribution in [0, 0.1) is 17.5 Å². The highest BCUT2D eigenvalue weighted by molar-refractivity contribution is 6.05. The Kier molecular flexibility index (Phi) is 3.75. The first-order chi connectivity index (χ1) is 11.1. The van der Waals surface area contributed by atoms with E-state index in [1.165, 1.54) is 23.4 Å². The third kappa shape index (κ3) is 2.89. The van der Waals surface area contributed by atoms with Crippen LogP contribution in [-0.2, 0) is 0 Å². The van der Waals surface area contributed by atoms with Gasteiger partial charge in [0.15, 0.2) is 17.5 Å². The largest absolute Gasteiger partial charge is 0.317 e. The summed E-state index contributed by atoms with van der Waals surface area (Å²) in [7, 11) is 0. The fraction of sp³-hybridized carbons (Fsp3) is 0. The molecule has 1 amide bonds. The number of hydrogen-bond donors (Lipinski definition) is 1. The van der Waals surface area contributed by atoms with Gasteiger partial charge in [-0.15, -0.1) is 0 Å². The van der Waals surface area contributed by atoms with Crippen LogP contribution in [0.5, 0.6) is 0 Å². The van der Waals surface area contributed by atoms with Gasteiger partial charge in [-0.25, -0.2) is 27.8 Å². The van der Waals surface area contributed by atoms with Crippen molar-refractivity contribution >= 4 is 11.6 Å². The Labute approximate surface area is 127 Å². The van der Waals surface area contributed by atoms with Gasteiger partial charge in [0.1, 0.15) is 17.8 Å². The summed E-state index contributed by atoms with van der Waals surface area (Å²) < 4.78 is 41.1. The third-order valence-electron chi connectivity index (χ3n) is 2.92. The number of nitrogens with one attached hydrogen (secondary N) is 1. The zero-order chi connectivity index (χ0) is 16.4. The quantitative estimate of drug-likeness (QED) is 0.752. The van der Waals surface area contributed by atoms with E-state index in [-0.39, 0.29) is 11.5 Å². The third-order valence-corrected chi connectivity index (χ3v) is 2.92. The van der Waals surface area contributed by atoms with Gasteiger partial charge in [0.05, 0.1) is 11.8 Å². The number of hydrogen-bond acceptors (Lipinski definition) is 4. The van der Waals surface area contributed by atoms with E-state index in [0.29, 0.717) is 12.1 Å². The van der Waals surface area contributed by atoms with Gasteiger partial charge < -0.3 is 5.32 Å². The monoisotopic (exact) mass is 319 g/mol. The first-order valence-corrected chi connectivity index (χ1v) is 6.32. The smallest absolute Gasteiger partial charge is 0.258 e. The average molecular weight is 319 g/mol. The zero-order valence-electron chi connectivity index (χ0n) is 11.4. The molecule has 0 atom stereocenters. The molecule has 0 unspecified atom stereocenters. The van der Waals surface area contributed by atoms with Gasteiger partial charge in [0, 0.05) is 18.5 Å². The van der Waals surface area contributed by atoms with Crippen LogP contribution in [0.1, 0.15) is 10.4 Å². The van der Waals surface area contributed by atoms with Gasteiger partial charge in [-0.3, -0.25) is 4.79 Å². The summed E-state index contributed by atoms with van der Waals surface area (Å²) in [5.41, 5.74) is -0.510. The molecule has 0 aliphatic rings. The number of benzene rings is 1. The number of aromatic nitrogens is 4. The summed E-state index contributed by atoms with van der Waals surface area (Å²) in [4.78, 5) is 19.8. The van der Waals surface area contributed by atoms with Crippen LogP contribution in [0.4, 0.5) is 18.9 Å². The molecule has 23 heavy (non-hydrogen) atoms. The molecule has 6 nitrogen and oxygen atoms in total. The van der Waals surface area contributed by atoms with Crippen molar-refractivity contribution in [2.24, 2.45) is 0 Å². The van der Waals surface area contributed by atoms with Crippen molar-refractivity contribution in [2.45, 2.75) is 0 Å². The number of anilines is 1. The summed E-state index contributed by atoms with van der Waals surface area (Å²) in [5, 5.41) is 6.31. The van der Waals surface area contributed by atoms with Gasteiger partial charge in [-0.1, -0.05) is 0 Å². The number of rotatable bonds is 3. The molecule has 116 valence electrons. The molecule has 0 aliphatic carbocycles. The molecule has 9 heteroatoms. The lowest BCUT2D eigenvalue weighted by Crippen LogP contribution is -2.17. The van der Waals surface area contributed by atoms with Gasteiger partial charge in [0.2, 0.25) is 0 Å². The minimum atomic E-state index is -1.38. The van der Waals surface area contributed by atoms with Crippen molar-refractivity contribution in [2.75, 3.05) is 5.32 Å². The summed E-state index contributed by atoms with van der Waals surface area (Å²) >= 11 is 0. The lowest BCUT2D eigenvalue weighted by molar-refractivity contribution is 0.102. The van der Waals surface area contributed by atoms with Crippen molar-refractivity contribution < 1.29 is 18.0 Å². The van der Waals surface area contributed by atoms with E-state index in [1.54, 1.807) is 12.3 Å². The second kappa shape index (κ2) is 5.87. The maximum absolute atomic E-state index is 13.6. The van der Waals surface area contributed by atoms with Crippen LogP contribution >= 0.6 is 0 Å². The van der Waals surface area contributed by atoms with Crippen molar-refractivity contribution in [3.8, 4) is 5.82 Å². The van der Waals surface area contributed by atoms with Crippen molar-refractivity contribution in [1.82, 2.24) is 19.7 Å². The fourth-order valence-electron chi connectivity index (χ4n) is 1.87. The van der Waals surface area contributed by atoms with E-state index < -0.39 is 28.9 Å². The highest BCUT2D eigenvalue weighted by atomic mass is 19.2. The molecule has 0 aliphatic heterocycles. The predicted molar refractivity (Wildman–Crippen MR) is 73.4 cm³/mol. The van der Waals surface area contributed by atoms with Gasteiger partial charge >= 0.3 is 0 Å². The van der Waals surface area contributed by atoms with Crippen LogP contribution in [0.15, 0.2) is 43.1 Å². The van der Waals surface area contributed by atoms with E-state index >= 15 is 0 Å². The molecule has 3 aromatic rings. The van der Waals surface area contributed by atoms with Crippen molar-refractivity contribution in [3.05, 3.63) is 66.1 Å². The number of halogens is 3. The Bertz CT molecular complexity index is 867. The maximum Gasteiger partial charge on any atom is 0.258 e. The van der Waals surface area contributed by atoms with E-state index in [9.17, 15) is 18.0 Å². The molecule has 0 fully saturated rings. The summed E-state index contributed by atoms with van der Waals surface area (Å²) in [6.07, 6.45) is 5.60. The average Bonchev–Trinajstić information content (AvgIpc) is 3.05. The zero-order valence-corrected chi connectivity index (χ0v) is 11.4. The summed E-state index contributed by atoms with van der Waals surface area (Å²) in [6, 6.07) is 2.43. The number of amides is 1. The Morgan fingerprint density at radius 2 is 1.91 bits per heavy atom. The van der Waals surface area contributed by atoms with E-state index in [4.69, 9.17) is 0 Å². The first kappa shape index (κ1) is 14.7. The van der Waals surface area contributed by atoms with Gasteiger partial charge in [0.25, 0.3) is 5.91 Å². The fourth-order valence-corrected chi connectivity index (χ4v) is 1.87. The van der Waals surface area contributed by atoms with Crippen LogP contribution < -0.4 is 5.32 Å². The lowest BCUT2D eigenvalue weighted by Gasteiger charge is -2.10. The Hall–Kier alpha value is -3.23. The van der Waals surface area contributed by atoms with Crippen LogP contribution in [-0.4, -0.2) is 25.7 Å². The molecular formula is C14H8F3N5O. The molecule has 3 rings (SSSR count). The molecular weight excluding hydrogens is 311 g/mol. The normalized spacial score (nSPS) is 10.6. The highest BCUT2D eigenvalue weighted by Gasteiger charge is 2.18. The standard InChI is InChI=1S/C14H8F3N5O/c15-9-5-11(17)10(16)4-8(9)14(23)21-12-6-18-7-19-13(12)22-3-1-2-20-22/h1-7H,(H,21,23). The van der Waals surface area contributed by atoms with E-state index in [0.717, 1.165) is 0 Å². The molecule has 2 aromatic heterocycles. The minimum absolute atomic E-state index is 0.130. The number of carbonyl (C=O) groups excluding carboxylic acids is 1. The first-order valence-electron chi connectivity index (χ1n) is 6.32. The molecule has 1 aromatic carbocycles. The Morgan fingerprint density at radius 1 is 1.13 bits per heavy atom. The summed E-state index contributed by atoms with van der Waals surface area (Å²) in [5.74, 6) is -4.61. The number of carbonyl (C=O) groups is 1. The molecule has 0 saturated heterocycles. The van der Waals surface area contributed by atoms with Gasteiger partial charge in [-0.2, -0.15) is 5.10 Å². The second-order valence-corrected chi connectivity index (χ2v) is 4.41. The lowest BCUT2D eigenvalue weighted by atomic mass is 10.2. The van der Waals surface area contributed by atoms with Crippen LogP contribution in [0.2, 0.25) is 0 Å². The molecule has 0 spiro atoms. The second-order valence-electron chi connectivity index (χ2n) is 4.41. The Morgan fingerprint density at radius 3 is 2.65 bits per heavy atom. The van der Waals surface area contributed by atoms with Crippen LogP contribution in [0.3, 0.4) is 0 Å². The van der Waals surface area contributed by atoms with E-state index in [1.807, 2.05) is 0 Å². The minimum Gasteiger partial charge on any atom is -0.317 e. The van der Waals surface area contributed by atoms with Crippen molar-refractivity contribution in [1.29, 1.82) is 0 Å². The van der Waals surface area contributed by atoms with Crippen molar-refractivity contribution in [3.63, 3.8) is 0 Å². The molecule has 0 saturated carbocycles. The SMILES string of the molecule is O=C(Nc1cncnc1-n1cccn1)c1cc(F)c(F)cc1F. The number of nitrogens with zero attached hydrogens (tertiary/aromatic N) is 4. The maximum atomic E-state index is 13.6. The van der Waals surface area contributed by atoms with Crippen LogP contribution in [0.25, 0.3) is 5.82 Å². The van der Waals surface area contributed by atoms with E-state index in [2.05, 4.69) is 20.4 Å². The molecule has 1 N–H and O–H groups in total. The summed E-state index contributed by atoms with van der Waals surface area (Å²) in [6.45, 7) is 0. The topological polar surface area (TPSA) is 72.7 Å². The highest BCUT2D eigenvalue weighted by Crippen LogP contribution is 2.19. The molecule has 2 heterocycles. The predicted octanol–water partition coefficient (Wildman–Crippen LogP) is 2.33. The molecule has 0 bridgehead atoms.